The van der Waals surface area contributed by atoms with Gasteiger partial charge in [-0.1, -0.05) is 6.07 Å². The number of amides is 2. The van der Waals surface area contributed by atoms with E-state index in [-0.39, 0.29) is 12.6 Å². The smallest absolute Gasteiger partial charge is 0.319 e. The third-order valence-electron chi connectivity index (χ3n) is 4.41. The maximum atomic E-state index is 12.1. The fourth-order valence-electron chi connectivity index (χ4n) is 2.61. The van der Waals surface area contributed by atoms with Gasteiger partial charge in [0.1, 0.15) is 17.2 Å². The largest absolute Gasteiger partial charge is 0.497 e. The molecule has 3 aromatic rings. The number of aryl methyl sites for hydroxylation is 3. The normalized spacial score (nSPS) is 10.5. The highest BCUT2D eigenvalue weighted by molar-refractivity contribution is 5.89. The molecule has 0 saturated heterocycles. The third-order valence-corrected chi connectivity index (χ3v) is 4.41. The van der Waals surface area contributed by atoms with Crippen LogP contribution in [0.25, 0.3) is 11.5 Å². The van der Waals surface area contributed by atoms with Crippen molar-refractivity contribution in [2.24, 2.45) is 0 Å². The van der Waals surface area contributed by atoms with Gasteiger partial charge in [-0.15, -0.1) is 0 Å². The van der Waals surface area contributed by atoms with Gasteiger partial charge in [-0.3, -0.25) is 0 Å². The molecule has 0 aliphatic rings. The van der Waals surface area contributed by atoms with E-state index in [1.807, 2.05) is 63.2 Å². The van der Waals surface area contributed by atoms with Crippen LogP contribution in [0, 0.1) is 20.8 Å². The Morgan fingerprint density at radius 3 is 2.48 bits per heavy atom. The molecule has 6 nitrogen and oxygen atoms in total. The number of hydrogen-bond donors (Lipinski definition) is 2. The lowest BCUT2D eigenvalue weighted by Gasteiger charge is -2.08. The topological polar surface area (TPSA) is 76.4 Å². The van der Waals surface area contributed by atoms with E-state index in [0.29, 0.717) is 17.3 Å². The number of anilines is 1. The Hall–Kier alpha value is -3.28. The van der Waals surface area contributed by atoms with Gasteiger partial charge in [0.2, 0.25) is 5.89 Å². The summed E-state index contributed by atoms with van der Waals surface area (Å²) in [4.78, 5) is 16.6. The Labute approximate surface area is 158 Å². The van der Waals surface area contributed by atoms with E-state index in [9.17, 15) is 4.79 Å². The molecule has 1 aromatic heterocycles. The molecule has 0 saturated carbocycles. The number of nitrogens with one attached hydrogen (secondary N) is 2. The van der Waals surface area contributed by atoms with E-state index < -0.39 is 0 Å². The molecule has 1 heterocycles. The summed E-state index contributed by atoms with van der Waals surface area (Å²) in [6.45, 7) is 6.16. The number of urea groups is 1. The highest BCUT2D eigenvalue weighted by Gasteiger charge is 2.13. The number of methoxy groups -OCH3 is 1. The Morgan fingerprint density at radius 2 is 1.81 bits per heavy atom. The van der Waals surface area contributed by atoms with Gasteiger partial charge in [-0.05, 0) is 68.3 Å². The molecule has 0 spiro atoms. The average Bonchev–Trinajstić information content (AvgIpc) is 3.04. The second kappa shape index (κ2) is 7.95. The number of aromatic nitrogens is 1. The fraction of sp³-hybridized carbons (Fsp3) is 0.238. The first kappa shape index (κ1) is 18.5. The van der Waals surface area contributed by atoms with Gasteiger partial charge in [-0.25, -0.2) is 9.78 Å². The molecule has 0 radical (unpaired) electrons. The first-order chi connectivity index (χ1) is 13.0. The standard InChI is InChI=1S/C21H23N3O3/c1-13-5-8-17(11-14(13)2)23-21(25)22-12-19-15(3)27-20(24-19)16-6-9-18(26-4)10-7-16/h5-11H,12H2,1-4H3,(H2,22,23,25). The summed E-state index contributed by atoms with van der Waals surface area (Å²) in [5, 5.41) is 5.64. The maximum Gasteiger partial charge on any atom is 0.319 e. The fourth-order valence-corrected chi connectivity index (χ4v) is 2.61. The second-order valence-electron chi connectivity index (χ2n) is 6.36. The zero-order valence-corrected chi connectivity index (χ0v) is 15.9. The quantitative estimate of drug-likeness (QED) is 0.693. The van der Waals surface area contributed by atoms with Gasteiger partial charge >= 0.3 is 6.03 Å². The molecule has 6 heteroatoms. The molecule has 2 amide bonds. The van der Waals surface area contributed by atoms with Crippen molar-refractivity contribution in [3.05, 3.63) is 65.0 Å². The van der Waals surface area contributed by atoms with Gasteiger partial charge in [0.15, 0.2) is 0 Å². The van der Waals surface area contributed by atoms with Crippen molar-refractivity contribution in [2.75, 3.05) is 12.4 Å². The van der Waals surface area contributed by atoms with Crippen LogP contribution in [0.15, 0.2) is 46.9 Å². The molecule has 0 atom stereocenters. The minimum Gasteiger partial charge on any atom is -0.497 e. The molecule has 2 N–H and O–H groups in total. The van der Waals surface area contributed by atoms with Crippen LogP contribution < -0.4 is 15.4 Å². The van der Waals surface area contributed by atoms with Crippen LogP contribution in [0.3, 0.4) is 0 Å². The Balaban J connectivity index is 1.62. The van der Waals surface area contributed by atoms with Crippen molar-refractivity contribution in [2.45, 2.75) is 27.3 Å². The number of benzene rings is 2. The van der Waals surface area contributed by atoms with Gasteiger partial charge < -0.3 is 19.8 Å². The van der Waals surface area contributed by atoms with Crippen molar-refractivity contribution in [3.8, 4) is 17.2 Å². The summed E-state index contributed by atoms with van der Waals surface area (Å²) in [5.41, 5.74) is 4.61. The summed E-state index contributed by atoms with van der Waals surface area (Å²) >= 11 is 0. The number of carbonyl (C=O) groups is 1. The molecule has 27 heavy (non-hydrogen) atoms. The van der Waals surface area contributed by atoms with Gasteiger partial charge in [0.25, 0.3) is 0 Å². The van der Waals surface area contributed by atoms with Crippen LogP contribution in [0.2, 0.25) is 0 Å². The molecule has 2 aromatic carbocycles. The summed E-state index contributed by atoms with van der Waals surface area (Å²) in [7, 11) is 1.62. The van der Waals surface area contributed by atoms with Crippen LogP contribution in [0.4, 0.5) is 10.5 Å². The SMILES string of the molecule is COc1ccc(-c2nc(CNC(=O)Nc3ccc(C)c(C)c3)c(C)o2)cc1. The molecule has 0 fully saturated rings. The maximum absolute atomic E-state index is 12.1. The molecule has 140 valence electrons. The number of ether oxygens (including phenoxy) is 1. The van der Waals surface area contributed by atoms with Crippen molar-refractivity contribution in [3.63, 3.8) is 0 Å². The molecule has 3 rings (SSSR count). The Morgan fingerprint density at radius 1 is 1.07 bits per heavy atom. The Bertz CT molecular complexity index is 946. The highest BCUT2D eigenvalue weighted by Crippen LogP contribution is 2.24. The molecular formula is C21H23N3O3. The van der Waals surface area contributed by atoms with Crippen molar-refractivity contribution in [1.29, 1.82) is 0 Å². The summed E-state index contributed by atoms with van der Waals surface area (Å²) in [5.74, 6) is 1.96. The van der Waals surface area contributed by atoms with Crippen LogP contribution in [0.1, 0.15) is 22.6 Å². The summed E-state index contributed by atoms with van der Waals surface area (Å²) in [6, 6.07) is 13.0. The second-order valence-corrected chi connectivity index (χ2v) is 6.36. The predicted molar refractivity (Wildman–Crippen MR) is 105 cm³/mol. The predicted octanol–water partition coefficient (Wildman–Crippen LogP) is 4.60. The van der Waals surface area contributed by atoms with Crippen LogP contribution in [-0.2, 0) is 6.54 Å². The lowest BCUT2D eigenvalue weighted by atomic mass is 10.1. The minimum absolute atomic E-state index is 0.280. The lowest BCUT2D eigenvalue weighted by Crippen LogP contribution is -2.28. The highest BCUT2D eigenvalue weighted by atomic mass is 16.5. The monoisotopic (exact) mass is 365 g/mol. The number of nitrogens with zero attached hydrogens (tertiary/aromatic N) is 1. The van der Waals surface area contributed by atoms with Crippen LogP contribution in [-0.4, -0.2) is 18.1 Å². The minimum atomic E-state index is -0.286. The molecule has 0 aliphatic carbocycles. The average molecular weight is 365 g/mol. The van der Waals surface area contributed by atoms with Crippen molar-refractivity contribution in [1.82, 2.24) is 10.3 Å². The van der Waals surface area contributed by atoms with Gasteiger partial charge in [0, 0.05) is 11.3 Å². The van der Waals surface area contributed by atoms with Gasteiger partial charge in [-0.2, -0.15) is 0 Å². The first-order valence-electron chi connectivity index (χ1n) is 8.69. The van der Waals surface area contributed by atoms with E-state index in [4.69, 9.17) is 9.15 Å². The first-order valence-corrected chi connectivity index (χ1v) is 8.69. The molecule has 0 aliphatic heterocycles. The van der Waals surface area contributed by atoms with E-state index in [0.717, 1.165) is 22.6 Å². The van der Waals surface area contributed by atoms with Crippen molar-refractivity contribution < 1.29 is 13.9 Å². The molecular weight excluding hydrogens is 342 g/mol. The van der Waals surface area contributed by atoms with Crippen LogP contribution in [0.5, 0.6) is 5.75 Å². The Kier molecular flexibility index (Phi) is 5.45. The summed E-state index contributed by atoms with van der Waals surface area (Å²) < 4.78 is 10.9. The molecule has 0 bridgehead atoms. The van der Waals surface area contributed by atoms with Crippen LogP contribution >= 0.6 is 0 Å². The van der Waals surface area contributed by atoms with E-state index in [2.05, 4.69) is 15.6 Å². The number of oxazole rings is 1. The lowest BCUT2D eigenvalue weighted by molar-refractivity contribution is 0.251. The number of hydrogen-bond acceptors (Lipinski definition) is 4. The van der Waals surface area contributed by atoms with E-state index in [1.54, 1.807) is 7.11 Å². The number of carbonyl (C=O) groups excluding carboxylic acids is 1. The van der Waals surface area contributed by atoms with E-state index >= 15 is 0 Å². The summed E-state index contributed by atoms with van der Waals surface area (Å²) in [6.07, 6.45) is 0. The van der Waals surface area contributed by atoms with Gasteiger partial charge in [0.05, 0.1) is 13.7 Å². The number of rotatable bonds is 5. The third kappa shape index (κ3) is 4.47. The molecule has 0 unspecified atom stereocenters. The van der Waals surface area contributed by atoms with E-state index in [1.165, 1.54) is 5.56 Å². The zero-order valence-electron chi connectivity index (χ0n) is 15.9. The zero-order chi connectivity index (χ0) is 19.4. The van der Waals surface area contributed by atoms with Crippen molar-refractivity contribution >= 4 is 11.7 Å².